The molecule has 3 rings (SSSR count). The van der Waals surface area contributed by atoms with Gasteiger partial charge in [0.15, 0.2) is 0 Å². The summed E-state index contributed by atoms with van der Waals surface area (Å²) in [7, 11) is 0. The van der Waals surface area contributed by atoms with Crippen molar-refractivity contribution in [1.82, 2.24) is 15.2 Å². The number of nitrogens with one attached hydrogen (secondary N) is 1. The van der Waals surface area contributed by atoms with Crippen LogP contribution in [0.2, 0.25) is 5.02 Å². The lowest BCUT2D eigenvalue weighted by Crippen LogP contribution is -2.52. The molecule has 2 heterocycles. The highest BCUT2D eigenvalue weighted by molar-refractivity contribution is 7.17. The molecule has 4 nitrogen and oxygen atoms in total. The molecule has 132 valence electrons. The number of halogens is 3. The third kappa shape index (κ3) is 4.41. The number of hydrogen-bond donors (Lipinski definition) is 1. The Hall–Kier alpha value is -0.850. The molecule has 0 saturated carbocycles. The number of amides is 1. The summed E-state index contributed by atoms with van der Waals surface area (Å²) < 4.78 is 0. The van der Waals surface area contributed by atoms with Crippen molar-refractivity contribution in [2.45, 2.75) is 19.9 Å². The summed E-state index contributed by atoms with van der Waals surface area (Å²) in [4.78, 5) is 20.0. The van der Waals surface area contributed by atoms with Gasteiger partial charge in [0, 0.05) is 36.3 Å². The van der Waals surface area contributed by atoms with E-state index in [4.69, 9.17) is 11.6 Å². The van der Waals surface area contributed by atoms with Crippen LogP contribution in [0, 0.1) is 6.92 Å². The minimum Gasteiger partial charge on any atom is -0.333 e. The van der Waals surface area contributed by atoms with Crippen LogP contribution in [0.1, 0.15) is 22.3 Å². The van der Waals surface area contributed by atoms with Crippen LogP contribution >= 0.6 is 47.8 Å². The molecule has 1 aliphatic rings. The van der Waals surface area contributed by atoms with Gasteiger partial charge in [0.2, 0.25) is 0 Å². The topological polar surface area (TPSA) is 45.2 Å². The number of nitrogens with zero attached hydrogens (tertiary/aromatic N) is 2. The van der Waals surface area contributed by atoms with Gasteiger partial charge in [-0.2, -0.15) is 0 Å². The highest BCUT2D eigenvalue weighted by atomic mass is 35.5. The second-order valence-corrected chi connectivity index (χ2v) is 6.93. The maximum Gasteiger partial charge on any atom is 0.266 e. The van der Waals surface area contributed by atoms with E-state index in [-0.39, 0.29) is 36.8 Å². The number of carbonyl (C=O) groups is 1. The van der Waals surface area contributed by atoms with Crippen LogP contribution in [-0.4, -0.2) is 41.5 Å². The van der Waals surface area contributed by atoms with Crippen LogP contribution in [0.3, 0.4) is 0 Å². The van der Waals surface area contributed by atoms with Crippen molar-refractivity contribution in [2.24, 2.45) is 0 Å². The van der Waals surface area contributed by atoms with Crippen molar-refractivity contribution in [2.75, 3.05) is 19.6 Å². The van der Waals surface area contributed by atoms with Crippen LogP contribution in [0.25, 0.3) is 10.6 Å². The summed E-state index contributed by atoms with van der Waals surface area (Å²) in [5.74, 6) is 0.0872. The smallest absolute Gasteiger partial charge is 0.266 e. The van der Waals surface area contributed by atoms with Gasteiger partial charge in [-0.3, -0.25) is 4.79 Å². The van der Waals surface area contributed by atoms with Crippen molar-refractivity contribution in [3.63, 3.8) is 0 Å². The van der Waals surface area contributed by atoms with Gasteiger partial charge >= 0.3 is 0 Å². The van der Waals surface area contributed by atoms with E-state index in [0.717, 1.165) is 40.8 Å². The van der Waals surface area contributed by atoms with E-state index in [2.05, 4.69) is 17.2 Å². The van der Waals surface area contributed by atoms with E-state index >= 15 is 0 Å². The summed E-state index contributed by atoms with van der Waals surface area (Å²) in [5.41, 5.74) is 1.79. The molecule has 24 heavy (non-hydrogen) atoms. The molecule has 1 aromatic carbocycles. The molecule has 8 heteroatoms. The number of aryl methyl sites for hydroxylation is 1. The average molecular weight is 409 g/mol. The summed E-state index contributed by atoms with van der Waals surface area (Å²) in [6, 6.07) is 7.76. The zero-order valence-corrected chi connectivity index (χ0v) is 16.6. The van der Waals surface area contributed by atoms with Crippen molar-refractivity contribution >= 4 is 53.7 Å². The molecule has 1 N–H and O–H groups in total. The highest BCUT2D eigenvalue weighted by Gasteiger charge is 2.27. The normalized spacial score (nSPS) is 17.0. The maximum atomic E-state index is 12.8. The molecule has 1 aliphatic heterocycles. The van der Waals surface area contributed by atoms with E-state index in [1.54, 1.807) is 0 Å². The molecular weight excluding hydrogens is 389 g/mol. The van der Waals surface area contributed by atoms with Gasteiger partial charge in [0.05, 0.1) is 5.69 Å². The minimum absolute atomic E-state index is 0. The molecule has 0 aliphatic carbocycles. The Morgan fingerprint density at radius 1 is 1.33 bits per heavy atom. The van der Waals surface area contributed by atoms with Crippen LogP contribution in [0.15, 0.2) is 24.3 Å². The van der Waals surface area contributed by atoms with E-state index in [1.165, 1.54) is 11.3 Å². The van der Waals surface area contributed by atoms with Crippen molar-refractivity contribution in [3.05, 3.63) is 39.9 Å². The van der Waals surface area contributed by atoms with E-state index in [9.17, 15) is 4.79 Å². The van der Waals surface area contributed by atoms with Gasteiger partial charge in [-0.25, -0.2) is 4.98 Å². The molecule has 1 saturated heterocycles. The molecule has 1 aromatic heterocycles. The Morgan fingerprint density at radius 3 is 2.62 bits per heavy atom. The number of carbonyl (C=O) groups excluding carboxylic acids is 1. The predicted molar refractivity (Wildman–Crippen MR) is 105 cm³/mol. The van der Waals surface area contributed by atoms with Gasteiger partial charge in [0.25, 0.3) is 5.91 Å². The highest BCUT2D eigenvalue weighted by Crippen LogP contribution is 2.30. The molecule has 1 amide bonds. The largest absolute Gasteiger partial charge is 0.333 e. The third-order valence-electron chi connectivity index (χ3n) is 3.84. The van der Waals surface area contributed by atoms with Crippen LogP contribution in [-0.2, 0) is 0 Å². The van der Waals surface area contributed by atoms with Gasteiger partial charge in [-0.15, -0.1) is 36.2 Å². The van der Waals surface area contributed by atoms with Crippen LogP contribution in [0.4, 0.5) is 0 Å². The lowest BCUT2D eigenvalue weighted by molar-refractivity contribution is 0.0660. The quantitative estimate of drug-likeness (QED) is 0.815. The molecule has 0 spiro atoms. The number of aromatic nitrogens is 1. The van der Waals surface area contributed by atoms with Crippen molar-refractivity contribution < 1.29 is 4.79 Å². The van der Waals surface area contributed by atoms with Crippen molar-refractivity contribution in [3.8, 4) is 10.6 Å². The van der Waals surface area contributed by atoms with E-state index in [1.807, 2.05) is 36.1 Å². The summed E-state index contributed by atoms with van der Waals surface area (Å²) in [6.07, 6.45) is 0. The fraction of sp³-hybridized carbons (Fsp3) is 0.375. The maximum absolute atomic E-state index is 12.8. The standard InChI is InChI=1S/C16H18ClN3OS.2ClH/c1-10-9-18-7-8-20(10)16(21)14-11(2)19-15(22-14)12-3-5-13(17)6-4-12;;/h3-6,10,18H,7-9H2,1-2H3;2*1H. The SMILES string of the molecule is Cc1nc(-c2ccc(Cl)cc2)sc1C(=O)N1CCNCC1C.Cl.Cl. The number of benzene rings is 1. The second kappa shape index (κ2) is 9.02. The lowest BCUT2D eigenvalue weighted by Gasteiger charge is -2.33. The first kappa shape index (κ1) is 21.2. The Bertz CT molecular complexity index is 690. The zero-order valence-electron chi connectivity index (χ0n) is 13.4. The fourth-order valence-corrected chi connectivity index (χ4v) is 3.74. The third-order valence-corrected chi connectivity index (χ3v) is 5.29. The summed E-state index contributed by atoms with van der Waals surface area (Å²) in [6.45, 7) is 6.40. The van der Waals surface area contributed by atoms with Gasteiger partial charge in [-0.05, 0) is 26.0 Å². The van der Waals surface area contributed by atoms with Gasteiger partial charge in [0.1, 0.15) is 9.88 Å². The number of rotatable bonds is 2. The van der Waals surface area contributed by atoms with E-state index < -0.39 is 0 Å². The first-order valence-corrected chi connectivity index (χ1v) is 8.51. The summed E-state index contributed by atoms with van der Waals surface area (Å²) >= 11 is 7.38. The van der Waals surface area contributed by atoms with Crippen molar-refractivity contribution in [1.29, 1.82) is 0 Å². The number of hydrogen-bond acceptors (Lipinski definition) is 4. The Labute approximate surface area is 163 Å². The molecule has 1 fully saturated rings. The minimum atomic E-state index is 0. The Morgan fingerprint density at radius 2 is 2.00 bits per heavy atom. The van der Waals surface area contributed by atoms with Crippen LogP contribution in [0.5, 0.6) is 0 Å². The van der Waals surface area contributed by atoms with E-state index in [0.29, 0.717) is 5.02 Å². The first-order chi connectivity index (χ1) is 10.6. The van der Waals surface area contributed by atoms with Gasteiger partial charge in [-0.1, -0.05) is 23.7 Å². The Kier molecular flexibility index (Phi) is 7.96. The monoisotopic (exact) mass is 407 g/mol. The molecule has 0 radical (unpaired) electrons. The second-order valence-electron chi connectivity index (χ2n) is 5.49. The molecule has 0 bridgehead atoms. The predicted octanol–water partition coefficient (Wildman–Crippen LogP) is 4.05. The van der Waals surface area contributed by atoms with Crippen LogP contribution < -0.4 is 5.32 Å². The molecule has 1 atom stereocenters. The summed E-state index contributed by atoms with van der Waals surface area (Å²) in [5, 5.41) is 4.86. The lowest BCUT2D eigenvalue weighted by atomic mass is 10.2. The zero-order chi connectivity index (χ0) is 15.7. The first-order valence-electron chi connectivity index (χ1n) is 7.31. The molecular formula is C16H20Cl3N3OS. The average Bonchev–Trinajstić information content (AvgIpc) is 2.90. The number of thiazole rings is 1. The molecule has 2 aromatic rings. The molecule has 1 unspecified atom stereocenters. The fourth-order valence-electron chi connectivity index (χ4n) is 2.58. The number of piperazine rings is 1. The Balaban J connectivity index is 0.00000144. The van der Waals surface area contributed by atoms with Gasteiger partial charge < -0.3 is 10.2 Å².